The summed E-state index contributed by atoms with van der Waals surface area (Å²) in [7, 11) is -3.46. The number of carboxylic acids is 1. The van der Waals surface area contributed by atoms with Gasteiger partial charge in [0.2, 0.25) is 0 Å². The third-order valence-electron chi connectivity index (χ3n) is 6.67. The van der Waals surface area contributed by atoms with Crippen molar-refractivity contribution in [1.29, 1.82) is 0 Å². The zero-order valence-corrected chi connectivity index (χ0v) is 28.3. The summed E-state index contributed by atoms with van der Waals surface area (Å²) >= 11 is 3.40. The first-order valence-electron chi connectivity index (χ1n) is 14.2. The second kappa shape index (κ2) is 15.3. The molecule has 3 N–H and O–H groups in total. The van der Waals surface area contributed by atoms with Crippen LogP contribution in [0.5, 0.6) is 5.75 Å². The minimum atomic E-state index is -3.46. The van der Waals surface area contributed by atoms with Gasteiger partial charge in [0.1, 0.15) is 5.60 Å². The van der Waals surface area contributed by atoms with Crippen LogP contribution in [0.2, 0.25) is 0 Å². The van der Waals surface area contributed by atoms with Crippen molar-refractivity contribution in [3.8, 4) is 22.6 Å². The number of hydrogen-bond acceptors (Lipinski definition) is 11. The van der Waals surface area contributed by atoms with Crippen LogP contribution in [0.1, 0.15) is 40.5 Å². The smallest absolute Gasteiger partial charge is 0.338 e. The number of rotatable bonds is 15. The molecule has 3 rings (SSSR count). The summed E-state index contributed by atoms with van der Waals surface area (Å²) in [6.07, 6.45) is -2.64. The lowest BCUT2D eigenvalue weighted by molar-refractivity contribution is -0.181. The van der Waals surface area contributed by atoms with Crippen molar-refractivity contribution in [2.75, 3.05) is 12.9 Å². The van der Waals surface area contributed by atoms with E-state index in [0.717, 1.165) is 10.7 Å². The number of esters is 1. The fourth-order valence-electron chi connectivity index (χ4n) is 4.18. The zero-order valence-electron chi connectivity index (χ0n) is 25.9. The Hall–Kier alpha value is -3.63. The molecule has 46 heavy (non-hydrogen) atoms. The van der Waals surface area contributed by atoms with Crippen LogP contribution in [0.25, 0.3) is 16.8 Å². The number of halogens is 1. The van der Waals surface area contributed by atoms with Gasteiger partial charge < -0.3 is 29.5 Å². The first-order chi connectivity index (χ1) is 21.4. The number of aliphatic hydroxyl groups is 2. The minimum Gasteiger partial charge on any atom is -0.479 e. The van der Waals surface area contributed by atoms with Gasteiger partial charge >= 0.3 is 17.5 Å². The molecule has 0 saturated heterocycles. The van der Waals surface area contributed by atoms with Crippen molar-refractivity contribution in [3.63, 3.8) is 0 Å². The largest absolute Gasteiger partial charge is 0.479 e. The number of carbonyl (C=O) groups excluding carboxylic acids is 1. The molecule has 1 aromatic heterocycles. The lowest BCUT2D eigenvalue weighted by atomic mass is 10.1. The van der Waals surface area contributed by atoms with Crippen molar-refractivity contribution in [2.24, 2.45) is 5.92 Å². The van der Waals surface area contributed by atoms with Gasteiger partial charge in [-0.2, -0.15) is 9.78 Å². The second-order valence-corrected chi connectivity index (χ2v) is 14.5. The Morgan fingerprint density at radius 3 is 2.28 bits per heavy atom. The normalized spacial score (nSPS) is 14.0. The molecule has 15 heteroatoms. The standard InChI is InChI=1S/C31H37BrN2O11S/c1-18(2)15-24(43-14-13-31(3,4)45-30(40)26(36)25(35)29(38)39)44-27-23(19-9-11-22(12-10-19)46(5,41)42)17-33-34(28(27)37)21-8-6-7-20(32)16-21/h6-12,16-18,24-26,35-36H,13-15H2,1-5H3,(H,38,39)/t24?,25-,26-/m1/s1. The zero-order chi connectivity index (χ0) is 34.4. The Morgan fingerprint density at radius 1 is 1.07 bits per heavy atom. The molecule has 0 bridgehead atoms. The van der Waals surface area contributed by atoms with E-state index in [1.807, 2.05) is 13.8 Å². The van der Waals surface area contributed by atoms with Crippen LogP contribution in [0.15, 0.2) is 68.9 Å². The molecule has 1 unspecified atom stereocenters. The van der Waals surface area contributed by atoms with Gasteiger partial charge in [-0.1, -0.05) is 48.0 Å². The number of sulfone groups is 1. The topological polar surface area (TPSA) is 192 Å². The summed E-state index contributed by atoms with van der Waals surface area (Å²) in [4.78, 5) is 37.1. The number of carboxylic acid groups (broad SMARTS) is 1. The lowest BCUT2D eigenvalue weighted by Gasteiger charge is -2.28. The Bertz CT molecular complexity index is 1710. The number of nitrogens with zero attached hydrogens (tertiary/aromatic N) is 2. The highest BCUT2D eigenvalue weighted by Crippen LogP contribution is 2.30. The number of aromatic nitrogens is 2. The van der Waals surface area contributed by atoms with Gasteiger partial charge in [0.15, 0.2) is 34.1 Å². The molecule has 0 aliphatic rings. The average molecular weight is 726 g/mol. The molecule has 3 atom stereocenters. The quantitative estimate of drug-likeness (QED) is 0.153. The van der Waals surface area contributed by atoms with Crippen LogP contribution >= 0.6 is 15.9 Å². The summed E-state index contributed by atoms with van der Waals surface area (Å²) < 4.78 is 43.4. The molecule has 0 aliphatic heterocycles. The molecule has 0 fully saturated rings. The van der Waals surface area contributed by atoms with Crippen LogP contribution in [0, 0.1) is 5.92 Å². The van der Waals surface area contributed by atoms with E-state index in [-0.39, 0.29) is 29.6 Å². The van der Waals surface area contributed by atoms with Gasteiger partial charge in [-0.3, -0.25) is 4.79 Å². The van der Waals surface area contributed by atoms with E-state index >= 15 is 0 Å². The van der Waals surface area contributed by atoms with Gasteiger partial charge in [-0.15, -0.1) is 0 Å². The Morgan fingerprint density at radius 2 is 1.72 bits per heavy atom. The maximum Gasteiger partial charge on any atom is 0.338 e. The molecule has 2 aromatic carbocycles. The van der Waals surface area contributed by atoms with Crippen LogP contribution in [-0.4, -0.2) is 82.4 Å². The highest BCUT2D eigenvalue weighted by atomic mass is 79.9. The Balaban J connectivity index is 1.93. The van der Waals surface area contributed by atoms with E-state index in [4.69, 9.17) is 19.3 Å². The maximum absolute atomic E-state index is 13.9. The second-order valence-electron chi connectivity index (χ2n) is 11.6. The molecule has 0 amide bonds. The Kier molecular flexibility index (Phi) is 12.3. The van der Waals surface area contributed by atoms with Gasteiger partial charge in [-0.05, 0) is 55.7 Å². The first kappa shape index (κ1) is 36.8. The third kappa shape index (κ3) is 9.93. The summed E-state index contributed by atoms with van der Waals surface area (Å²) in [5.41, 5.74) is -0.598. The molecule has 250 valence electrons. The van der Waals surface area contributed by atoms with E-state index in [2.05, 4.69) is 21.0 Å². The predicted molar refractivity (Wildman–Crippen MR) is 170 cm³/mol. The van der Waals surface area contributed by atoms with Crippen LogP contribution < -0.4 is 10.3 Å². The summed E-state index contributed by atoms with van der Waals surface area (Å²) in [6.45, 7) is 6.85. The molecule has 0 spiro atoms. The van der Waals surface area contributed by atoms with E-state index in [1.165, 1.54) is 36.9 Å². The predicted octanol–water partition coefficient (Wildman–Crippen LogP) is 3.35. The van der Waals surface area contributed by atoms with Gasteiger partial charge in [-0.25, -0.2) is 18.0 Å². The third-order valence-corrected chi connectivity index (χ3v) is 8.29. The molecule has 13 nitrogen and oxygen atoms in total. The number of benzene rings is 2. The summed E-state index contributed by atoms with van der Waals surface area (Å²) in [5, 5.41) is 32.4. The molecule has 0 aliphatic carbocycles. The van der Waals surface area contributed by atoms with Crippen molar-refractivity contribution in [3.05, 3.63) is 69.6 Å². The number of aliphatic carboxylic acids is 1. The number of aliphatic hydroxyl groups excluding tert-OH is 2. The van der Waals surface area contributed by atoms with Crippen LogP contribution in [0.3, 0.4) is 0 Å². The average Bonchev–Trinajstić information content (AvgIpc) is 2.96. The maximum atomic E-state index is 13.9. The highest BCUT2D eigenvalue weighted by Gasteiger charge is 2.35. The van der Waals surface area contributed by atoms with E-state index < -0.39 is 51.4 Å². The lowest BCUT2D eigenvalue weighted by Crippen LogP contribution is -2.44. The van der Waals surface area contributed by atoms with Crippen molar-refractivity contribution in [2.45, 2.75) is 69.5 Å². The van der Waals surface area contributed by atoms with E-state index in [0.29, 0.717) is 23.2 Å². The molecule has 3 aromatic rings. The number of hydrogen-bond donors (Lipinski definition) is 3. The number of carbonyl (C=O) groups is 2. The monoisotopic (exact) mass is 724 g/mol. The van der Waals surface area contributed by atoms with Crippen LogP contribution in [-0.2, 0) is 28.9 Å². The van der Waals surface area contributed by atoms with Crippen molar-refractivity contribution < 1.29 is 47.5 Å². The van der Waals surface area contributed by atoms with Crippen LogP contribution in [0.4, 0.5) is 0 Å². The summed E-state index contributed by atoms with van der Waals surface area (Å²) in [6, 6.07) is 12.9. The molecule has 0 saturated carbocycles. The van der Waals surface area contributed by atoms with Crippen molar-refractivity contribution >= 4 is 37.7 Å². The fourth-order valence-corrected chi connectivity index (χ4v) is 5.20. The first-order valence-corrected chi connectivity index (χ1v) is 16.9. The molecule has 0 radical (unpaired) electrons. The molecular weight excluding hydrogens is 688 g/mol. The van der Waals surface area contributed by atoms with E-state index in [9.17, 15) is 33.0 Å². The van der Waals surface area contributed by atoms with Gasteiger partial charge in [0.05, 0.1) is 23.4 Å². The molecular formula is C31H37BrN2O11S. The Labute approximate surface area is 274 Å². The summed E-state index contributed by atoms with van der Waals surface area (Å²) in [5.74, 6) is -3.13. The van der Waals surface area contributed by atoms with Gasteiger partial charge in [0, 0.05) is 29.1 Å². The van der Waals surface area contributed by atoms with E-state index in [1.54, 1.807) is 36.4 Å². The molecule has 1 heterocycles. The minimum absolute atomic E-state index is 0.0431. The SMILES string of the molecule is CC(C)CC(OCCC(C)(C)OC(=O)[C@H](O)[C@@H](O)C(=O)O)Oc1c(-c2ccc(S(C)(=O)=O)cc2)cnn(-c2cccc(Br)c2)c1=O. The van der Waals surface area contributed by atoms with Crippen molar-refractivity contribution in [1.82, 2.24) is 9.78 Å². The van der Waals surface area contributed by atoms with Gasteiger partial charge in [0.25, 0.3) is 0 Å². The highest BCUT2D eigenvalue weighted by molar-refractivity contribution is 9.10. The fraction of sp³-hybridized carbons (Fsp3) is 0.419. The number of ether oxygens (including phenoxy) is 3.